The van der Waals surface area contributed by atoms with E-state index in [0.29, 0.717) is 25.4 Å². The van der Waals surface area contributed by atoms with Gasteiger partial charge >= 0.3 is 12.1 Å². The lowest BCUT2D eigenvalue weighted by atomic mass is 9.85. The number of ether oxygens (including phenoxy) is 2. The zero-order valence-corrected chi connectivity index (χ0v) is 12.6. The third-order valence-electron chi connectivity index (χ3n) is 3.42. The minimum absolute atomic E-state index is 0.147. The minimum atomic E-state index is -0.488. The Hall–Kier alpha value is -1.26. The van der Waals surface area contributed by atoms with E-state index < -0.39 is 5.60 Å². The van der Waals surface area contributed by atoms with E-state index in [1.165, 1.54) is 7.11 Å². The van der Waals surface area contributed by atoms with Crippen LogP contribution in [0.1, 0.15) is 40.5 Å². The molecule has 1 fully saturated rings. The fourth-order valence-electron chi connectivity index (χ4n) is 2.20. The van der Waals surface area contributed by atoms with Gasteiger partial charge in [0, 0.05) is 13.1 Å². The van der Waals surface area contributed by atoms with Gasteiger partial charge in [-0.1, -0.05) is 6.92 Å². The highest BCUT2D eigenvalue weighted by Gasteiger charge is 2.32. The Bertz CT molecular complexity index is 335. The summed E-state index contributed by atoms with van der Waals surface area (Å²) in [5, 5.41) is 0. The van der Waals surface area contributed by atoms with Gasteiger partial charge in [-0.2, -0.15) is 0 Å². The summed E-state index contributed by atoms with van der Waals surface area (Å²) in [6.07, 6.45) is 0.951. The van der Waals surface area contributed by atoms with Gasteiger partial charge in [0.05, 0.1) is 13.5 Å². The largest absolute Gasteiger partial charge is 0.469 e. The second-order valence-electron chi connectivity index (χ2n) is 6.23. The number of rotatable bonds is 2. The molecule has 0 N–H and O–H groups in total. The molecule has 19 heavy (non-hydrogen) atoms. The van der Waals surface area contributed by atoms with Crippen LogP contribution >= 0.6 is 0 Å². The molecule has 1 unspecified atom stereocenters. The third-order valence-corrected chi connectivity index (χ3v) is 3.42. The summed E-state index contributed by atoms with van der Waals surface area (Å²) in [6, 6.07) is 0. The number of nitrogens with zero attached hydrogens (tertiary/aromatic N) is 1. The van der Waals surface area contributed by atoms with Crippen molar-refractivity contribution in [2.75, 3.05) is 20.2 Å². The topological polar surface area (TPSA) is 55.8 Å². The number of carbonyl (C=O) groups is 2. The first-order valence-corrected chi connectivity index (χ1v) is 6.77. The molecule has 1 aliphatic heterocycles. The van der Waals surface area contributed by atoms with Gasteiger partial charge in [0.1, 0.15) is 5.60 Å². The standard InChI is InChI=1S/C14H25NO4/c1-10-6-7-15(13(17)19-14(2,3)4)9-11(10)8-12(16)18-5/h10-11H,6-9H2,1-5H3/t10-,11?/m0/s1. The second-order valence-corrected chi connectivity index (χ2v) is 6.23. The van der Waals surface area contributed by atoms with Gasteiger partial charge in [0.2, 0.25) is 0 Å². The van der Waals surface area contributed by atoms with E-state index in [4.69, 9.17) is 9.47 Å². The van der Waals surface area contributed by atoms with Crippen molar-refractivity contribution >= 4 is 12.1 Å². The maximum absolute atomic E-state index is 12.0. The molecule has 110 valence electrons. The summed E-state index contributed by atoms with van der Waals surface area (Å²) in [5.74, 6) is 0.342. The second kappa shape index (κ2) is 6.26. The van der Waals surface area contributed by atoms with Gasteiger partial charge in [0.15, 0.2) is 0 Å². The summed E-state index contributed by atoms with van der Waals surface area (Å²) in [5.41, 5.74) is -0.488. The van der Waals surface area contributed by atoms with Crippen LogP contribution in [0.2, 0.25) is 0 Å². The highest BCUT2D eigenvalue weighted by atomic mass is 16.6. The average molecular weight is 271 g/mol. The lowest BCUT2D eigenvalue weighted by molar-refractivity contribution is -0.142. The van der Waals surface area contributed by atoms with Gasteiger partial charge in [-0.3, -0.25) is 4.79 Å². The van der Waals surface area contributed by atoms with Crippen molar-refractivity contribution in [1.29, 1.82) is 0 Å². The van der Waals surface area contributed by atoms with E-state index in [0.717, 1.165) is 6.42 Å². The molecule has 5 heteroatoms. The Kier molecular flexibility index (Phi) is 5.20. The normalized spacial score (nSPS) is 23.9. The highest BCUT2D eigenvalue weighted by Crippen LogP contribution is 2.27. The third kappa shape index (κ3) is 5.09. The highest BCUT2D eigenvalue weighted by molar-refractivity contribution is 5.70. The molecule has 0 saturated carbocycles. The van der Waals surface area contributed by atoms with E-state index in [2.05, 4.69) is 6.92 Å². The minimum Gasteiger partial charge on any atom is -0.469 e. The van der Waals surface area contributed by atoms with Crippen LogP contribution in [0.25, 0.3) is 0 Å². The molecule has 1 aliphatic rings. The van der Waals surface area contributed by atoms with E-state index >= 15 is 0 Å². The summed E-state index contributed by atoms with van der Waals surface area (Å²) >= 11 is 0. The summed E-state index contributed by atoms with van der Waals surface area (Å²) in [4.78, 5) is 25.1. The van der Waals surface area contributed by atoms with Gasteiger partial charge < -0.3 is 14.4 Å². The maximum atomic E-state index is 12.0. The van der Waals surface area contributed by atoms with E-state index in [9.17, 15) is 9.59 Å². The van der Waals surface area contributed by atoms with Crippen LogP contribution in [0.4, 0.5) is 4.79 Å². The molecule has 0 radical (unpaired) electrons. The zero-order chi connectivity index (χ0) is 14.6. The zero-order valence-electron chi connectivity index (χ0n) is 12.6. The Labute approximate surface area is 115 Å². The molecular formula is C14H25NO4. The van der Waals surface area contributed by atoms with Gasteiger partial charge in [-0.25, -0.2) is 4.79 Å². The fraction of sp³-hybridized carbons (Fsp3) is 0.857. The van der Waals surface area contributed by atoms with E-state index in [-0.39, 0.29) is 18.0 Å². The van der Waals surface area contributed by atoms with Gasteiger partial charge in [-0.15, -0.1) is 0 Å². The Morgan fingerprint density at radius 3 is 2.47 bits per heavy atom. The average Bonchev–Trinajstić information content (AvgIpc) is 2.29. The Morgan fingerprint density at radius 2 is 1.95 bits per heavy atom. The smallest absolute Gasteiger partial charge is 0.410 e. The number of carbonyl (C=O) groups excluding carboxylic acids is 2. The Morgan fingerprint density at radius 1 is 1.32 bits per heavy atom. The van der Waals surface area contributed by atoms with E-state index in [1.54, 1.807) is 4.90 Å². The molecule has 0 aromatic rings. The fourth-order valence-corrected chi connectivity index (χ4v) is 2.20. The van der Waals surface area contributed by atoms with Crippen molar-refractivity contribution in [3.05, 3.63) is 0 Å². The van der Waals surface area contributed by atoms with Crippen molar-refractivity contribution in [2.45, 2.75) is 46.1 Å². The molecule has 0 aromatic carbocycles. The molecule has 1 saturated heterocycles. The lowest BCUT2D eigenvalue weighted by Gasteiger charge is -2.37. The number of likely N-dealkylation sites (tertiary alicyclic amines) is 1. The first-order valence-electron chi connectivity index (χ1n) is 6.77. The number of methoxy groups -OCH3 is 1. The number of esters is 1. The van der Waals surface area contributed by atoms with Crippen molar-refractivity contribution in [3.63, 3.8) is 0 Å². The number of hydrogen-bond acceptors (Lipinski definition) is 4. The number of piperidine rings is 1. The van der Waals surface area contributed by atoms with Crippen LogP contribution in [-0.2, 0) is 14.3 Å². The molecule has 0 aliphatic carbocycles. The molecule has 1 amide bonds. The summed E-state index contributed by atoms with van der Waals surface area (Å²) < 4.78 is 10.1. The predicted octanol–water partition coefficient (Wildman–Crippen LogP) is 2.44. The van der Waals surface area contributed by atoms with Crippen molar-refractivity contribution in [2.24, 2.45) is 11.8 Å². The Balaban J connectivity index is 2.58. The van der Waals surface area contributed by atoms with Crippen LogP contribution < -0.4 is 0 Å². The predicted molar refractivity (Wildman–Crippen MR) is 71.7 cm³/mol. The molecule has 0 aromatic heterocycles. The van der Waals surface area contributed by atoms with Crippen LogP contribution in [0.15, 0.2) is 0 Å². The summed E-state index contributed by atoms with van der Waals surface area (Å²) in [6.45, 7) is 8.91. The molecule has 1 heterocycles. The van der Waals surface area contributed by atoms with Gasteiger partial charge in [-0.05, 0) is 39.0 Å². The molecule has 2 atom stereocenters. The van der Waals surface area contributed by atoms with Crippen molar-refractivity contribution < 1.29 is 19.1 Å². The summed E-state index contributed by atoms with van der Waals surface area (Å²) in [7, 11) is 1.39. The number of hydrogen-bond donors (Lipinski definition) is 0. The van der Waals surface area contributed by atoms with Crippen LogP contribution in [0, 0.1) is 11.8 Å². The van der Waals surface area contributed by atoms with E-state index in [1.807, 2.05) is 20.8 Å². The van der Waals surface area contributed by atoms with Crippen LogP contribution in [0.5, 0.6) is 0 Å². The first-order chi connectivity index (χ1) is 8.73. The molecular weight excluding hydrogens is 246 g/mol. The monoisotopic (exact) mass is 271 g/mol. The number of amides is 1. The lowest BCUT2D eigenvalue weighted by Crippen LogP contribution is -2.45. The molecule has 1 rings (SSSR count). The SMILES string of the molecule is COC(=O)CC1CN(C(=O)OC(C)(C)C)CC[C@@H]1C. The molecule has 0 bridgehead atoms. The van der Waals surface area contributed by atoms with Crippen LogP contribution in [-0.4, -0.2) is 42.8 Å². The molecule has 5 nitrogen and oxygen atoms in total. The molecule has 0 spiro atoms. The van der Waals surface area contributed by atoms with Gasteiger partial charge in [0.25, 0.3) is 0 Å². The van der Waals surface area contributed by atoms with Crippen LogP contribution in [0.3, 0.4) is 0 Å². The van der Waals surface area contributed by atoms with Crippen molar-refractivity contribution in [1.82, 2.24) is 4.90 Å². The van der Waals surface area contributed by atoms with Crippen molar-refractivity contribution in [3.8, 4) is 0 Å². The quantitative estimate of drug-likeness (QED) is 0.724. The first kappa shape index (κ1) is 15.8. The maximum Gasteiger partial charge on any atom is 0.410 e.